The average Bonchev–Trinajstić information content (AvgIpc) is 3.26. The van der Waals surface area contributed by atoms with Gasteiger partial charge in [0.05, 0.1) is 20.6 Å². The first-order chi connectivity index (χ1) is 11.6. The Morgan fingerprint density at radius 3 is 2.62 bits per heavy atom. The number of carbonyl (C=O) groups excluding carboxylic acids is 1. The number of fused-ring (bicyclic) bond motifs is 1. The number of nitrogens with one attached hydrogen (secondary N) is 1. The van der Waals surface area contributed by atoms with Crippen molar-refractivity contribution in [3.05, 3.63) is 61.9 Å². The van der Waals surface area contributed by atoms with Gasteiger partial charge in [0.1, 0.15) is 5.82 Å². The Morgan fingerprint density at radius 1 is 1.12 bits per heavy atom. The smallest absolute Gasteiger partial charge is 0.266 e. The van der Waals surface area contributed by atoms with Gasteiger partial charge in [-0.05, 0) is 36.4 Å². The molecule has 4 nitrogen and oxygen atoms in total. The van der Waals surface area contributed by atoms with E-state index in [9.17, 15) is 4.79 Å². The number of thioether (sulfide) groups is 1. The zero-order chi connectivity index (χ0) is 16.7. The van der Waals surface area contributed by atoms with Gasteiger partial charge in [-0.1, -0.05) is 23.2 Å². The second-order valence-corrected chi connectivity index (χ2v) is 8.35. The summed E-state index contributed by atoms with van der Waals surface area (Å²) in [5, 5.41) is 8.32. The molecule has 24 heavy (non-hydrogen) atoms. The maximum absolute atomic E-state index is 12.5. The number of amides is 1. The molecule has 1 aliphatic heterocycles. The van der Waals surface area contributed by atoms with Gasteiger partial charge in [0.2, 0.25) is 0 Å². The first kappa shape index (κ1) is 16.0. The summed E-state index contributed by atoms with van der Waals surface area (Å²) in [4.78, 5) is 13.1. The molecule has 0 saturated heterocycles. The standard InChI is InChI=1S/C16H11Cl2N3OS2/c17-9-1-3-10(4-2-9)21-15(11-7-23-8-12(11)20-21)19-16(22)13-5-6-14(18)24-13/h1-6H,7-8H2,(H,19,22). The van der Waals surface area contributed by atoms with Crippen molar-refractivity contribution in [3.8, 4) is 5.69 Å². The van der Waals surface area contributed by atoms with Gasteiger partial charge in [0.15, 0.2) is 0 Å². The monoisotopic (exact) mass is 395 g/mol. The van der Waals surface area contributed by atoms with Crippen LogP contribution in [0.5, 0.6) is 0 Å². The van der Waals surface area contributed by atoms with Crippen LogP contribution in [-0.4, -0.2) is 15.7 Å². The lowest BCUT2D eigenvalue weighted by molar-refractivity contribution is 0.102. The van der Waals surface area contributed by atoms with Gasteiger partial charge < -0.3 is 5.32 Å². The molecule has 0 saturated carbocycles. The maximum Gasteiger partial charge on any atom is 0.266 e. The van der Waals surface area contributed by atoms with E-state index in [1.807, 2.05) is 24.3 Å². The van der Waals surface area contributed by atoms with Crippen LogP contribution in [0.1, 0.15) is 20.9 Å². The van der Waals surface area contributed by atoms with Gasteiger partial charge >= 0.3 is 0 Å². The van der Waals surface area contributed by atoms with Gasteiger partial charge in [0.25, 0.3) is 5.91 Å². The van der Waals surface area contributed by atoms with Crippen LogP contribution in [0.2, 0.25) is 9.36 Å². The average molecular weight is 396 g/mol. The number of hydrogen-bond donors (Lipinski definition) is 1. The fourth-order valence-corrected chi connectivity index (χ4v) is 4.62. The minimum Gasteiger partial charge on any atom is -0.305 e. The lowest BCUT2D eigenvalue weighted by Gasteiger charge is -2.10. The number of thiophene rings is 1. The van der Waals surface area contributed by atoms with Crippen molar-refractivity contribution in [1.29, 1.82) is 0 Å². The molecular weight excluding hydrogens is 385 g/mol. The van der Waals surface area contributed by atoms with Crippen LogP contribution in [-0.2, 0) is 11.5 Å². The summed E-state index contributed by atoms with van der Waals surface area (Å²) in [6, 6.07) is 10.8. The quantitative estimate of drug-likeness (QED) is 0.659. The second-order valence-electron chi connectivity index (χ2n) is 5.21. The Morgan fingerprint density at radius 2 is 1.92 bits per heavy atom. The molecule has 122 valence electrons. The Labute approximate surface area is 156 Å². The third kappa shape index (κ3) is 2.95. The summed E-state index contributed by atoms with van der Waals surface area (Å²) in [6.45, 7) is 0. The van der Waals surface area contributed by atoms with E-state index in [1.54, 1.807) is 28.6 Å². The van der Waals surface area contributed by atoms with Crippen molar-refractivity contribution in [2.75, 3.05) is 5.32 Å². The van der Waals surface area contributed by atoms with Crippen LogP contribution in [0.15, 0.2) is 36.4 Å². The van der Waals surface area contributed by atoms with E-state index in [1.165, 1.54) is 11.3 Å². The molecule has 2 aromatic heterocycles. The summed E-state index contributed by atoms with van der Waals surface area (Å²) in [5.74, 6) is 2.22. The van der Waals surface area contributed by atoms with Gasteiger partial charge in [-0.2, -0.15) is 16.9 Å². The lowest BCUT2D eigenvalue weighted by atomic mass is 10.2. The molecule has 1 amide bonds. The van der Waals surface area contributed by atoms with Gasteiger partial charge in [-0.3, -0.25) is 4.79 Å². The number of hydrogen-bond acceptors (Lipinski definition) is 4. The van der Waals surface area contributed by atoms with Crippen LogP contribution in [0, 0.1) is 0 Å². The molecule has 0 spiro atoms. The summed E-state index contributed by atoms with van der Waals surface area (Å²) >= 11 is 14.9. The number of nitrogens with zero attached hydrogens (tertiary/aromatic N) is 2. The number of halogens is 2. The Balaban J connectivity index is 1.73. The summed E-state index contributed by atoms with van der Waals surface area (Å²) in [5.41, 5.74) is 2.94. The van der Waals surface area contributed by atoms with Gasteiger partial charge in [0, 0.05) is 22.1 Å². The molecule has 1 aliphatic rings. The van der Waals surface area contributed by atoms with Crippen molar-refractivity contribution in [2.24, 2.45) is 0 Å². The zero-order valence-corrected chi connectivity index (χ0v) is 15.4. The van der Waals surface area contributed by atoms with Crippen molar-refractivity contribution in [2.45, 2.75) is 11.5 Å². The molecule has 1 aromatic carbocycles. The van der Waals surface area contributed by atoms with E-state index in [2.05, 4.69) is 10.4 Å². The van der Waals surface area contributed by atoms with Crippen LogP contribution in [0.4, 0.5) is 5.82 Å². The topological polar surface area (TPSA) is 46.9 Å². The predicted octanol–water partition coefficient (Wildman–Crippen LogP) is 5.24. The zero-order valence-electron chi connectivity index (χ0n) is 12.3. The number of aromatic nitrogens is 2. The van der Waals surface area contributed by atoms with Crippen molar-refractivity contribution in [1.82, 2.24) is 9.78 Å². The molecule has 0 unspecified atom stereocenters. The number of carbonyl (C=O) groups is 1. The molecule has 0 atom stereocenters. The van der Waals surface area contributed by atoms with Crippen LogP contribution in [0.3, 0.4) is 0 Å². The third-order valence-corrected chi connectivity index (χ3v) is 6.10. The fourth-order valence-electron chi connectivity index (χ4n) is 2.52. The van der Waals surface area contributed by atoms with Crippen LogP contribution >= 0.6 is 46.3 Å². The first-order valence-electron chi connectivity index (χ1n) is 7.13. The number of benzene rings is 1. The molecule has 0 radical (unpaired) electrons. The summed E-state index contributed by atoms with van der Waals surface area (Å²) < 4.78 is 2.36. The van der Waals surface area contributed by atoms with E-state index < -0.39 is 0 Å². The molecule has 0 bridgehead atoms. The van der Waals surface area contributed by atoms with E-state index >= 15 is 0 Å². The highest BCUT2D eigenvalue weighted by atomic mass is 35.5. The maximum atomic E-state index is 12.5. The van der Waals surface area contributed by atoms with E-state index in [0.717, 1.165) is 28.5 Å². The van der Waals surface area contributed by atoms with E-state index in [-0.39, 0.29) is 5.91 Å². The van der Waals surface area contributed by atoms with Crippen molar-refractivity contribution >= 4 is 58.0 Å². The Hall–Kier alpha value is -1.47. The lowest BCUT2D eigenvalue weighted by Crippen LogP contribution is -2.15. The van der Waals surface area contributed by atoms with Crippen molar-refractivity contribution in [3.63, 3.8) is 0 Å². The van der Waals surface area contributed by atoms with Gasteiger partial charge in [-0.25, -0.2) is 4.68 Å². The normalized spacial score (nSPS) is 13.1. The highest BCUT2D eigenvalue weighted by Gasteiger charge is 2.25. The highest BCUT2D eigenvalue weighted by molar-refractivity contribution is 7.98. The summed E-state index contributed by atoms with van der Waals surface area (Å²) in [7, 11) is 0. The van der Waals surface area contributed by atoms with E-state index in [0.29, 0.717) is 20.1 Å². The van der Waals surface area contributed by atoms with Crippen LogP contribution < -0.4 is 5.32 Å². The Kier molecular flexibility index (Phi) is 4.30. The minimum atomic E-state index is -0.179. The first-order valence-corrected chi connectivity index (χ1v) is 9.85. The SMILES string of the molecule is O=C(Nc1c2c(nn1-c1ccc(Cl)cc1)CSC2)c1ccc(Cl)s1. The third-order valence-electron chi connectivity index (χ3n) is 3.65. The number of rotatable bonds is 3. The molecule has 8 heteroatoms. The van der Waals surface area contributed by atoms with Crippen molar-refractivity contribution < 1.29 is 4.79 Å². The number of anilines is 1. The highest BCUT2D eigenvalue weighted by Crippen LogP contribution is 2.36. The molecule has 3 aromatic rings. The summed E-state index contributed by atoms with van der Waals surface area (Å²) in [6.07, 6.45) is 0. The predicted molar refractivity (Wildman–Crippen MR) is 101 cm³/mol. The molecule has 0 aliphatic carbocycles. The Bertz CT molecular complexity index is 918. The molecular formula is C16H11Cl2N3OS2. The largest absolute Gasteiger partial charge is 0.305 e. The van der Waals surface area contributed by atoms with Crippen LogP contribution in [0.25, 0.3) is 5.69 Å². The molecule has 1 N–H and O–H groups in total. The second kappa shape index (κ2) is 6.44. The molecule has 4 rings (SSSR count). The fraction of sp³-hybridized carbons (Fsp3) is 0.125. The van der Waals surface area contributed by atoms with Gasteiger partial charge in [-0.15, -0.1) is 11.3 Å². The molecule has 3 heterocycles. The minimum absolute atomic E-state index is 0.179. The molecule has 0 fully saturated rings. The van der Waals surface area contributed by atoms with E-state index in [4.69, 9.17) is 23.2 Å².